The number of rotatable bonds is 51. The summed E-state index contributed by atoms with van der Waals surface area (Å²) >= 11 is 0. The molecule has 0 saturated carbocycles. The first-order chi connectivity index (χ1) is 37.8. The Hall–Kier alpha value is -2.71. The maximum Gasteiger partial charge on any atom is 0.647 e. The summed E-state index contributed by atoms with van der Waals surface area (Å²) in [7, 11) is -4.41. The second-order valence-corrected chi connectivity index (χ2v) is 25.0. The van der Waals surface area contributed by atoms with Crippen molar-refractivity contribution < 1.29 is 18.1 Å². The third kappa shape index (κ3) is 27.1. The molecule has 3 rings (SSSR count). The van der Waals surface area contributed by atoms with Crippen LogP contribution in [0.2, 0.25) is 0 Å². The zero-order valence-corrected chi connectivity index (χ0v) is 53.3. The van der Waals surface area contributed by atoms with E-state index in [1.165, 1.54) is 243 Å². The van der Waals surface area contributed by atoms with Gasteiger partial charge in [0.05, 0.1) is 0 Å². The Morgan fingerprint density at radius 1 is 0.234 bits per heavy atom. The molecule has 77 heavy (non-hydrogen) atoms. The van der Waals surface area contributed by atoms with Gasteiger partial charge in [-0.25, -0.2) is 0 Å². The fourth-order valence-corrected chi connectivity index (χ4v) is 13.2. The lowest BCUT2D eigenvalue weighted by Crippen LogP contribution is -2.14. The number of benzene rings is 3. The van der Waals surface area contributed by atoms with Crippen molar-refractivity contribution >= 4 is 7.82 Å². The molecule has 3 aromatic rings. The Morgan fingerprint density at radius 3 is 0.610 bits per heavy atom. The minimum atomic E-state index is -4.41. The van der Waals surface area contributed by atoms with Crippen LogP contribution in [-0.2, 0) is 62.4 Å². The van der Waals surface area contributed by atoms with Crippen LogP contribution >= 0.6 is 7.82 Å². The van der Waals surface area contributed by atoms with Gasteiger partial charge >= 0.3 is 7.82 Å². The van der Waals surface area contributed by atoms with Gasteiger partial charge in [-0.15, -0.1) is 0 Å². The van der Waals surface area contributed by atoms with Crippen molar-refractivity contribution in [1.29, 1.82) is 0 Å². The van der Waals surface area contributed by atoms with E-state index in [1.54, 1.807) is 0 Å². The number of hydrogen-bond donors (Lipinski definition) is 0. The molecule has 0 saturated heterocycles. The van der Waals surface area contributed by atoms with E-state index in [0.29, 0.717) is 17.2 Å². The van der Waals surface area contributed by atoms with Crippen molar-refractivity contribution in [3.8, 4) is 17.2 Å². The molecular weight excluding hydrogens is 960 g/mol. The molecule has 0 aliphatic rings. The minimum absolute atomic E-state index is 0.710. The summed E-state index contributed by atoms with van der Waals surface area (Å²) in [6.07, 6.45) is 52.5. The molecule has 0 radical (unpaired) electrons. The van der Waals surface area contributed by atoms with Crippen molar-refractivity contribution in [1.82, 2.24) is 0 Å². The van der Waals surface area contributed by atoms with E-state index in [9.17, 15) is 0 Å². The van der Waals surface area contributed by atoms with Crippen LogP contribution in [0.15, 0.2) is 36.4 Å². The van der Waals surface area contributed by atoms with Gasteiger partial charge in [0.1, 0.15) is 17.2 Å². The zero-order chi connectivity index (χ0) is 55.6. The molecule has 0 N–H and O–H groups in total. The summed E-state index contributed by atoms with van der Waals surface area (Å²) in [4.78, 5) is 0. The summed E-state index contributed by atoms with van der Waals surface area (Å²) in [6, 6.07) is 13.5. The summed E-state index contributed by atoms with van der Waals surface area (Å²) in [5.74, 6) is 2.13. The van der Waals surface area contributed by atoms with Crippen molar-refractivity contribution in [2.45, 2.75) is 351 Å². The van der Waals surface area contributed by atoms with Gasteiger partial charge in [0.2, 0.25) is 0 Å². The number of aryl methyl sites for hydroxylation is 3. The van der Waals surface area contributed by atoms with E-state index in [-0.39, 0.29) is 0 Å². The topological polar surface area (TPSA) is 44.8 Å². The molecule has 0 bridgehead atoms. The first-order valence-electron chi connectivity index (χ1n) is 33.9. The van der Waals surface area contributed by atoms with Gasteiger partial charge in [0.15, 0.2) is 0 Å². The summed E-state index contributed by atoms with van der Waals surface area (Å²) in [5, 5.41) is 0. The van der Waals surface area contributed by atoms with Gasteiger partial charge < -0.3 is 13.6 Å². The third-order valence-corrected chi connectivity index (χ3v) is 17.9. The molecule has 0 heterocycles. The van der Waals surface area contributed by atoms with E-state index in [2.05, 4.69) is 98.7 Å². The van der Waals surface area contributed by atoms with Crippen molar-refractivity contribution in [2.75, 3.05) is 0 Å². The first-order valence-corrected chi connectivity index (χ1v) is 35.3. The van der Waals surface area contributed by atoms with Crippen LogP contribution in [0.3, 0.4) is 0 Å². The molecule has 5 heteroatoms. The van der Waals surface area contributed by atoms with Crippen LogP contribution in [0.4, 0.5) is 0 Å². The fourth-order valence-electron chi connectivity index (χ4n) is 11.9. The number of unbranched alkanes of at least 4 members (excludes halogenated alkanes) is 27. The maximum absolute atomic E-state index is 16.9. The van der Waals surface area contributed by atoms with Crippen LogP contribution in [-0.4, -0.2) is 0 Å². The van der Waals surface area contributed by atoms with Crippen LogP contribution in [0.25, 0.3) is 0 Å². The van der Waals surface area contributed by atoms with Crippen LogP contribution in [0.5, 0.6) is 17.2 Å². The standard InChI is InChI=1S/C72H123O4P/c1-10-19-28-37-46-61-55-58-70(67(52-43-34-25-16-7)64(61)49-40-31-22-13-4)74-77(73,75-71-59-56-62(47-38-29-20-11-2)65(50-41-32-23-14-5)68(71)53-44-35-26-17-8)76-72-60-57-63(48-39-30-21-12-3)66(51-42-33-24-15-6)69(72)54-45-36-27-18-9/h55-60H,10-54H2,1-9H3. The van der Waals surface area contributed by atoms with Crippen LogP contribution in [0, 0.1) is 0 Å². The van der Waals surface area contributed by atoms with E-state index >= 15 is 4.57 Å². The molecular formula is C72H123O4P. The molecule has 3 aromatic carbocycles. The van der Waals surface area contributed by atoms with E-state index < -0.39 is 7.82 Å². The summed E-state index contributed by atoms with van der Waals surface area (Å²) in [6.45, 7) is 20.8. The van der Waals surface area contributed by atoms with Crippen molar-refractivity contribution in [2.24, 2.45) is 0 Å². The predicted molar refractivity (Wildman–Crippen MR) is 339 cm³/mol. The van der Waals surface area contributed by atoms with Crippen LogP contribution < -0.4 is 13.6 Å². The minimum Gasteiger partial charge on any atom is -0.386 e. The smallest absolute Gasteiger partial charge is 0.386 e. The zero-order valence-electron chi connectivity index (χ0n) is 52.4. The Labute approximate surface area is 478 Å². The summed E-state index contributed by atoms with van der Waals surface area (Å²) < 4.78 is 38.8. The molecule has 0 aromatic heterocycles. The highest BCUT2D eigenvalue weighted by atomic mass is 31.2. The van der Waals surface area contributed by atoms with Crippen molar-refractivity contribution in [3.05, 3.63) is 86.5 Å². The average Bonchev–Trinajstić information content (AvgIpc) is 3.44. The Balaban J connectivity index is 2.46. The molecule has 0 amide bonds. The molecule has 440 valence electrons. The highest BCUT2D eigenvalue weighted by molar-refractivity contribution is 7.49. The summed E-state index contributed by atoms with van der Waals surface area (Å²) in [5.41, 5.74) is 12.4. The van der Waals surface area contributed by atoms with Gasteiger partial charge in [0.25, 0.3) is 0 Å². The lowest BCUT2D eigenvalue weighted by Gasteiger charge is -2.27. The quantitative estimate of drug-likeness (QED) is 0.0417. The number of phosphoric acid groups is 1. The highest BCUT2D eigenvalue weighted by Gasteiger charge is 2.37. The van der Waals surface area contributed by atoms with Gasteiger partial charge in [0, 0.05) is 0 Å². The monoisotopic (exact) mass is 1080 g/mol. The van der Waals surface area contributed by atoms with Crippen molar-refractivity contribution in [3.63, 3.8) is 0 Å². The fraction of sp³-hybridized carbons (Fsp3) is 0.750. The largest absolute Gasteiger partial charge is 0.647 e. The maximum atomic E-state index is 16.9. The van der Waals surface area contributed by atoms with E-state index in [4.69, 9.17) is 13.6 Å². The molecule has 0 aliphatic heterocycles. The average molecular weight is 1080 g/mol. The Morgan fingerprint density at radius 2 is 0.416 bits per heavy atom. The number of hydrogen-bond acceptors (Lipinski definition) is 4. The van der Waals surface area contributed by atoms with Gasteiger partial charge in [-0.2, -0.15) is 4.57 Å². The van der Waals surface area contributed by atoms with Gasteiger partial charge in [-0.3, -0.25) is 0 Å². The molecule has 4 nitrogen and oxygen atoms in total. The molecule has 0 fully saturated rings. The van der Waals surface area contributed by atoms with E-state index in [1.807, 2.05) is 0 Å². The Kier molecular flexibility index (Phi) is 39.2. The number of phosphoric ester groups is 1. The SMILES string of the molecule is CCCCCCc1ccc(OP(=O)(Oc2ccc(CCCCCC)c(CCCCCC)c2CCCCCC)Oc2ccc(CCCCCC)c(CCCCCC)c2CCCCCC)c(CCCCCC)c1CCCCCC. The Bertz CT molecular complexity index is 1760. The lowest BCUT2D eigenvalue weighted by atomic mass is 9.89. The van der Waals surface area contributed by atoms with Crippen LogP contribution in [0.1, 0.15) is 344 Å². The van der Waals surface area contributed by atoms with Gasteiger partial charge in [-0.05, 0) is 184 Å². The van der Waals surface area contributed by atoms with E-state index in [0.717, 1.165) is 96.3 Å². The second kappa shape index (κ2) is 44.0. The lowest BCUT2D eigenvalue weighted by molar-refractivity contribution is 0.294. The highest BCUT2D eigenvalue weighted by Crippen LogP contribution is 2.54. The first kappa shape index (κ1) is 68.6. The third-order valence-electron chi connectivity index (χ3n) is 16.7. The second-order valence-electron chi connectivity index (χ2n) is 23.6. The molecule has 0 spiro atoms. The molecule has 0 unspecified atom stereocenters. The predicted octanol–water partition coefficient (Wildman–Crippen LogP) is 24.4. The van der Waals surface area contributed by atoms with Gasteiger partial charge in [-0.1, -0.05) is 254 Å². The normalized spacial score (nSPS) is 11.8. The molecule has 0 aliphatic carbocycles. The molecule has 0 atom stereocenters.